The van der Waals surface area contributed by atoms with Gasteiger partial charge in [-0.25, -0.2) is 9.80 Å². The molecule has 0 aliphatic carbocycles. The van der Waals surface area contributed by atoms with Gasteiger partial charge in [0.05, 0.1) is 6.54 Å². The smallest absolute Gasteiger partial charge is 0.405 e. The molecule has 5 amide bonds. The topological polar surface area (TPSA) is 171 Å². The second-order valence-electron chi connectivity index (χ2n) is 7.25. The van der Waals surface area contributed by atoms with E-state index in [9.17, 15) is 24.0 Å². The molecule has 0 saturated carbocycles. The predicted molar refractivity (Wildman–Crippen MR) is 105 cm³/mol. The Morgan fingerprint density at radius 1 is 1.07 bits per heavy atom. The molecule has 164 valence electrons. The highest BCUT2D eigenvalue weighted by Crippen LogP contribution is 2.08. The Morgan fingerprint density at radius 3 is 2.07 bits per heavy atom. The lowest BCUT2D eigenvalue weighted by atomic mass is 10.00. The van der Waals surface area contributed by atoms with Crippen LogP contribution in [0.1, 0.15) is 40.5 Å². The van der Waals surface area contributed by atoms with Gasteiger partial charge in [-0.15, -0.1) is 0 Å². The van der Waals surface area contributed by atoms with Gasteiger partial charge in [-0.1, -0.05) is 34.3 Å². The monoisotopic (exact) mass is 413 g/mol. The van der Waals surface area contributed by atoms with Crippen molar-refractivity contribution < 1.29 is 29.1 Å². The van der Waals surface area contributed by atoms with Crippen molar-refractivity contribution in [2.75, 3.05) is 6.54 Å². The molecule has 0 aliphatic rings. The predicted octanol–water partition coefficient (Wildman–Crippen LogP) is -0.269. The standard InChI is InChI=1S/C18H31N5O6/c1-6-14(25)23(8-7-13(19)24)22-16(26)12(9-10(2)3)20-17(27)15(11(4)5)21-18(28)29/h6,10-12,15,21H,1,7-9H2,2-5H3,(H2,19,24)(H,20,27)(H,22,26)(H,28,29)/t12-,15-/m0/s1. The van der Waals surface area contributed by atoms with E-state index in [2.05, 4.69) is 22.6 Å². The molecule has 0 unspecified atom stereocenters. The number of hydrazine groups is 1. The molecule has 0 fully saturated rings. The molecule has 0 heterocycles. The van der Waals surface area contributed by atoms with E-state index in [1.165, 1.54) is 0 Å². The fraction of sp³-hybridized carbons (Fsp3) is 0.611. The van der Waals surface area contributed by atoms with E-state index < -0.39 is 41.8 Å². The number of nitrogens with one attached hydrogen (secondary N) is 3. The molecular formula is C18H31N5O6. The molecule has 11 heteroatoms. The fourth-order valence-corrected chi connectivity index (χ4v) is 2.40. The lowest BCUT2D eigenvalue weighted by Gasteiger charge is -2.28. The lowest BCUT2D eigenvalue weighted by molar-refractivity contribution is -0.140. The molecule has 0 bridgehead atoms. The first-order valence-corrected chi connectivity index (χ1v) is 9.21. The Hall–Kier alpha value is -3.11. The SMILES string of the molecule is C=CC(=O)N(CCC(N)=O)NC(=O)[C@H](CC(C)C)NC(=O)[C@@H](NC(=O)O)C(C)C. The van der Waals surface area contributed by atoms with Gasteiger partial charge in [0.2, 0.25) is 11.8 Å². The van der Waals surface area contributed by atoms with E-state index in [0.29, 0.717) is 0 Å². The Bertz CT molecular complexity index is 634. The zero-order chi connectivity index (χ0) is 22.7. The van der Waals surface area contributed by atoms with Gasteiger partial charge >= 0.3 is 6.09 Å². The van der Waals surface area contributed by atoms with E-state index in [-0.39, 0.29) is 31.2 Å². The number of rotatable bonds is 11. The Kier molecular flexibility index (Phi) is 11.0. The lowest BCUT2D eigenvalue weighted by Crippen LogP contribution is -2.58. The van der Waals surface area contributed by atoms with Crippen LogP contribution in [0.3, 0.4) is 0 Å². The third-order valence-electron chi connectivity index (χ3n) is 3.84. The number of amides is 5. The first-order chi connectivity index (χ1) is 13.4. The first-order valence-electron chi connectivity index (χ1n) is 9.21. The minimum atomic E-state index is -1.36. The van der Waals surface area contributed by atoms with Gasteiger partial charge in [-0.3, -0.25) is 24.6 Å². The molecule has 0 rings (SSSR count). The van der Waals surface area contributed by atoms with Gasteiger partial charge in [0.25, 0.3) is 11.8 Å². The van der Waals surface area contributed by atoms with Crippen molar-refractivity contribution in [2.45, 2.75) is 52.6 Å². The van der Waals surface area contributed by atoms with E-state index in [1.807, 2.05) is 13.8 Å². The van der Waals surface area contributed by atoms with E-state index in [1.54, 1.807) is 13.8 Å². The maximum Gasteiger partial charge on any atom is 0.405 e. The number of hydrogen-bond acceptors (Lipinski definition) is 5. The zero-order valence-corrected chi connectivity index (χ0v) is 17.2. The summed E-state index contributed by atoms with van der Waals surface area (Å²) in [7, 11) is 0. The summed E-state index contributed by atoms with van der Waals surface area (Å²) in [5.41, 5.74) is 7.44. The molecule has 0 aromatic rings. The van der Waals surface area contributed by atoms with E-state index in [4.69, 9.17) is 10.8 Å². The number of carbonyl (C=O) groups excluding carboxylic acids is 4. The number of hydrogen-bond donors (Lipinski definition) is 5. The third-order valence-corrected chi connectivity index (χ3v) is 3.84. The maximum absolute atomic E-state index is 12.7. The van der Waals surface area contributed by atoms with Crippen LogP contribution in [0.25, 0.3) is 0 Å². The van der Waals surface area contributed by atoms with Crippen LogP contribution in [-0.4, -0.2) is 58.5 Å². The number of primary amides is 1. The Balaban J connectivity index is 5.40. The van der Waals surface area contributed by atoms with Gasteiger partial charge in [0.15, 0.2) is 0 Å². The second kappa shape index (κ2) is 12.4. The van der Waals surface area contributed by atoms with E-state index in [0.717, 1.165) is 11.1 Å². The van der Waals surface area contributed by atoms with Gasteiger partial charge < -0.3 is 21.5 Å². The molecule has 11 nitrogen and oxygen atoms in total. The summed E-state index contributed by atoms with van der Waals surface area (Å²) in [4.78, 5) is 59.1. The van der Waals surface area contributed by atoms with Gasteiger partial charge in [0, 0.05) is 6.42 Å². The second-order valence-corrected chi connectivity index (χ2v) is 7.25. The van der Waals surface area contributed by atoms with Crippen molar-refractivity contribution in [1.82, 2.24) is 21.1 Å². The molecule has 2 atom stereocenters. The summed E-state index contributed by atoms with van der Waals surface area (Å²) < 4.78 is 0. The highest BCUT2D eigenvalue weighted by molar-refractivity contribution is 5.93. The molecular weight excluding hydrogens is 382 g/mol. The van der Waals surface area contributed by atoms with Crippen LogP contribution < -0.4 is 21.8 Å². The van der Waals surface area contributed by atoms with Crippen LogP contribution in [0.15, 0.2) is 12.7 Å². The van der Waals surface area contributed by atoms with Crippen molar-refractivity contribution in [3.63, 3.8) is 0 Å². The number of carboxylic acid groups (broad SMARTS) is 1. The number of nitrogens with two attached hydrogens (primary N) is 1. The minimum absolute atomic E-state index is 0.00478. The van der Waals surface area contributed by atoms with Crippen molar-refractivity contribution in [3.05, 3.63) is 12.7 Å². The average molecular weight is 413 g/mol. The molecule has 0 radical (unpaired) electrons. The van der Waals surface area contributed by atoms with Crippen LogP contribution in [0.5, 0.6) is 0 Å². The quantitative estimate of drug-likeness (QED) is 0.230. The van der Waals surface area contributed by atoms with E-state index >= 15 is 0 Å². The van der Waals surface area contributed by atoms with Crippen LogP contribution in [0.2, 0.25) is 0 Å². The van der Waals surface area contributed by atoms with Crippen molar-refractivity contribution >= 4 is 29.7 Å². The summed E-state index contributed by atoms with van der Waals surface area (Å²) in [5.74, 6) is -3.02. The minimum Gasteiger partial charge on any atom is -0.465 e. The molecule has 0 saturated heterocycles. The summed E-state index contributed by atoms with van der Waals surface area (Å²) in [6, 6.07) is -2.09. The highest BCUT2D eigenvalue weighted by Gasteiger charge is 2.30. The molecule has 0 aromatic carbocycles. The van der Waals surface area contributed by atoms with Gasteiger partial charge in [-0.05, 0) is 24.3 Å². The van der Waals surface area contributed by atoms with Crippen molar-refractivity contribution in [3.8, 4) is 0 Å². The maximum atomic E-state index is 12.7. The number of carbonyl (C=O) groups is 5. The fourth-order valence-electron chi connectivity index (χ4n) is 2.40. The van der Waals surface area contributed by atoms with Crippen molar-refractivity contribution in [2.24, 2.45) is 17.6 Å². The summed E-state index contributed by atoms with van der Waals surface area (Å²) in [6.07, 6.45) is -0.346. The van der Waals surface area contributed by atoms with Gasteiger partial charge in [0.1, 0.15) is 12.1 Å². The molecule has 29 heavy (non-hydrogen) atoms. The third kappa shape index (κ3) is 10.1. The Labute approximate surface area is 170 Å². The highest BCUT2D eigenvalue weighted by atomic mass is 16.4. The Morgan fingerprint density at radius 2 is 1.66 bits per heavy atom. The van der Waals surface area contributed by atoms with Crippen LogP contribution in [-0.2, 0) is 19.2 Å². The molecule has 0 aromatic heterocycles. The summed E-state index contributed by atoms with van der Waals surface area (Å²) in [5, 5.41) is 14.5. The molecule has 0 aliphatic heterocycles. The van der Waals surface area contributed by atoms with Crippen LogP contribution in [0.4, 0.5) is 4.79 Å². The summed E-state index contributed by atoms with van der Waals surface area (Å²) in [6.45, 7) is 10.2. The van der Waals surface area contributed by atoms with Crippen LogP contribution in [0, 0.1) is 11.8 Å². The number of nitrogens with zero attached hydrogens (tertiary/aromatic N) is 1. The average Bonchev–Trinajstić information content (AvgIpc) is 2.60. The molecule has 0 spiro atoms. The first kappa shape index (κ1) is 25.9. The van der Waals surface area contributed by atoms with Gasteiger partial charge in [-0.2, -0.15) is 0 Å². The largest absolute Gasteiger partial charge is 0.465 e. The normalized spacial score (nSPS) is 12.6. The van der Waals surface area contributed by atoms with Crippen LogP contribution >= 0.6 is 0 Å². The summed E-state index contributed by atoms with van der Waals surface area (Å²) >= 11 is 0. The zero-order valence-electron chi connectivity index (χ0n) is 17.2. The molecule has 6 N–H and O–H groups in total. The van der Waals surface area contributed by atoms with Crippen molar-refractivity contribution in [1.29, 1.82) is 0 Å².